The smallest absolute Gasteiger partial charge is 0.251 e. The van der Waals surface area contributed by atoms with Crippen molar-refractivity contribution in [3.05, 3.63) is 35.6 Å². The Kier molecular flexibility index (Phi) is 4.59. The second-order valence-corrected chi connectivity index (χ2v) is 5.26. The van der Waals surface area contributed by atoms with Gasteiger partial charge in [-0.3, -0.25) is 4.79 Å². The maximum Gasteiger partial charge on any atom is 0.251 e. The third kappa shape index (κ3) is 5.41. The number of carbonyl (C=O) groups is 1. The first-order valence-electron chi connectivity index (χ1n) is 4.87. The van der Waals surface area contributed by atoms with Crippen LogP contribution in [0.4, 0.5) is 4.39 Å². The molecule has 17 heavy (non-hydrogen) atoms. The van der Waals surface area contributed by atoms with Gasteiger partial charge in [-0.1, -0.05) is 0 Å². The van der Waals surface area contributed by atoms with Crippen molar-refractivity contribution in [2.75, 3.05) is 19.3 Å². The van der Waals surface area contributed by atoms with Crippen molar-refractivity contribution in [1.29, 1.82) is 0 Å². The molecular weight excluding hydrogens is 247 g/mol. The number of carbonyl (C=O) groups excluding carboxylic acids is 1. The Labute approximate surface area is 99.1 Å². The normalized spacial score (nSPS) is 11.2. The molecule has 0 aromatic heterocycles. The van der Waals surface area contributed by atoms with Gasteiger partial charge in [0.25, 0.3) is 5.91 Å². The van der Waals surface area contributed by atoms with E-state index in [-0.39, 0.29) is 19.0 Å². The molecule has 2 N–H and O–H groups in total. The first-order valence-corrected chi connectivity index (χ1v) is 6.76. The van der Waals surface area contributed by atoms with Crippen LogP contribution in [-0.4, -0.2) is 33.7 Å². The highest BCUT2D eigenvalue weighted by Crippen LogP contribution is 2.01. The highest BCUT2D eigenvalue weighted by molar-refractivity contribution is 7.88. The monoisotopic (exact) mass is 260 g/mol. The summed E-state index contributed by atoms with van der Waals surface area (Å²) in [5.41, 5.74) is 0.325. The lowest BCUT2D eigenvalue weighted by Crippen LogP contribution is -2.34. The zero-order valence-corrected chi connectivity index (χ0v) is 10.1. The van der Waals surface area contributed by atoms with Gasteiger partial charge >= 0.3 is 0 Å². The van der Waals surface area contributed by atoms with Gasteiger partial charge in [0, 0.05) is 18.7 Å². The van der Waals surface area contributed by atoms with Gasteiger partial charge in [-0.15, -0.1) is 0 Å². The first-order chi connectivity index (χ1) is 7.88. The van der Waals surface area contributed by atoms with Crippen molar-refractivity contribution in [2.45, 2.75) is 0 Å². The van der Waals surface area contributed by atoms with Gasteiger partial charge in [0.15, 0.2) is 0 Å². The van der Waals surface area contributed by atoms with Crippen molar-refractivity contribution >= 4 is 15.9 Å². The molecule has 1 aromatic carbocycles. The number of benzene rings is 1. The Morgan fingerprint density at radius 1 is 1.24 bits per heavy atom. The van der Waals surface area contributed by atoms with E-state index >= 15 is 0 Å². The van der Waals surface area contributed by atoms with Crippen LogP contribution in [0.5, 0.6) is 0 Å². The number of sulfonamides is 1. The van der Waals surface area contributed by atoms with Crippen molar-refractivity contribution in [3.63, 3.8) is 0 Å². The summed E-state index contributed by atoms with van der Waals surface area (Å²) in [6.45, 7) is 0.287. The van der Waals surface area contributed by atoms with E-state index in [0.29, 0.717) is 5.56 Å². The Balaban J connectivity index is 2.38. The van der Waals surface area contributed by atoms with E-state index in [9.17, 15) is 17.6 Å². The minimum Gasteiger partial charge on any atom is -0.351 e. The molecule has 0 spiro atoms. The Hall–Kier alpha value is -1.47. The fraction of sp³-hybridized carbons (Fsp3) is 0.300. The van der Waals surface area contributed by atoms with Gasteiger partial charge in [-0.05, 0) is 24.3 Å². The number of rotatable bonds is 5. The molecule has 0 heterocycles. The molecule has 0 saturated heterocycles. The summed E-state index contributed by atoms with van der Waals surface area (Å²) in [6.07, 6.45) is 1.04. The van der Waals surface area contributed by atoms with Gasteiger partial charge in [0.05, 0.1) is 6.26 Å². The van der Waals surface area contributed by atoms with E-state index in [1.807, 2.05) is 0 Å². The van der Waals surface area contributed by atoms with Crippen LogP contribution in [0.3, 0.4) is 0 Å². The number of amides is 1. The molecule has 0 radical (unpaired) electrons. The van der Waals surface area contributed by atoms with Crippen molar-refractivity contribution in [3.8, 4) is 0 Å². The quantitative estimate of drug-likeness (QED) is 0.738. The second-order valence-electron chi connectivity index (χ2n) is 3.43. The highest BCUT2D eigenvalue weighted by atomic mass is 32.2. The zero-order valence-electron chi connectivity index (χ0n) is 9.23. The molecule has 5 nitrogen and oxygen atoms in total. The second kappa shape index (κ2) is 5.74. The SMILES string of the molecule is CS(=O)(=O)NCCNC(=O)c1ccc(F)cc1. The van der Waals surface area contributed by atoms with E-state index in [0.717, 1.165) is 6.26 Å². The average Bonchev–Trinajstić information content (AvgIpc) is 2.24. The summed E-state index contributed by atoms with van der Waals surface area (Å²) in [5.74, 6) is -0.791. The third-order valence-corrected chi connectivity index (χ3v) is 2.61. The molecular formula is C10H13FN2O3S. The third-order valence-electron chi connectivity index (χ3n) is 1.88. The number of nitrogens with one attached hydrogen (secondary N) is 2. The lowest BCUT2D eigenvalue weighted by molar-refractivity contribution is 0.0954. The molecule has 0 aliphatic rings. The Bertz CT molecular complexity index is 485. The molecule has 7 heteroatoms. The molecule has 0 aliphatic carbocycles. The topological polar surface area (TPSA) is 75.3 Å². The molecule has 0 aliphatic heterocycles. The van der Waals surface area contributed by atoms with Crippen LogP contribution in [-0.2, 0) is 10.0 Å². The van der Waals surface area contributed by atoms with Crippen LogP contribution >= 0.6 is 0 Å². The van der Waals surface area contributed by atoms with Gasteiger partial charge in [-0.2, -0.15) is 0 Å². The number of hydrogen-bond donors (Lipinski definition) is 2. The summed E-state index contributed by atoms with van der Waals surface area (Å²) in [6, 6.07) is 5.08. The minimum absolute atomic E-state index is 0.117. The fourth-order valence-corrected chi connectivity index (χ4v) is 1.59. The van der Waals surface area contributed by atoms with Gasteiger partial charge < -0.3 is 5.32 Å². The Morgan fingerprint density at radius 2 is 1.82 bits per heavy atom. The maximum atomic E-state index is 12.6. The largest absolute Gasteiger partial charge is 0.351 e. The summed E-state index contributed by atoms with van der Waals surface area (Å²) in [4.78, 5) is 11.5. The van der Waals surface area contributed by atoms with Crippen LogP contribution in [0.15, 0.2) is 24.3 Å². The summed E-state index contributed by atoms with van der Waals surface area (Å²) in [7, 11) is -3.24. The predicted octanol–water partition coefficient (Wildman–Crippen LogP) is 0.105. The van der Waals surface area contributed by atoms with E-state index < -0.39 is 15.8 Å². The molecule has 94 valence electrons. The minimum atomic E-state index is -3.24. The van der Waals surface area contributed by atoms with Crippen LogP contribution in [0, 0.1) is 5.82 Å². The molecule has 1 aromatic rings. The van der Waals surface area contributed by atoms with E-state index in [2.05, 4.69) is 10.0 Å². The number of halogens is 1. The maximum absolute atomic E-state index is 12.6. The zero-order chi connectivity index (χ0) is 12.9. The van der Waals surface area contributed by atoms with Gasteiger partial charge in [0.2, 0.25) is 10.0 Å². The van der Waals surface area contributed by atoms with Crippen molar-refractivity contribution < 1.29 is 17.6 Å². The lowest BCUT2D eigenvalue weighted by Gasteiger charge is -2.05. The first kappa shape index (κ1) is 13.6. The van der Waals surface area contributed by atoms with E-state index in [1.165, 1.54) is 24.3 Å². The standard InChI is InChI=1S/C10H13FN2O3S/c1-17(15,16)13-7-6-12-10(14)8-2-4-9(11)5-3-8/h2-5,13H,6-7H2,1H3,(H,12,14). The van der Waals surface area contributed by atoms with Gasteiger partial charge in [-0.25, -0.2) is 17.5 Å². The lowest BCUT2D eigenvalue weighted by atomic mass is 10.2. The highest BCUT2D eigenvalue weighted by Gasteiger charge is 2.05. The summed E-state index contributed by atoms with van der Waals surface area (Å²) >= 11 is 0. The van der Waals surface area contributed by atoms with Crippen molar-refractivity contribution in [1.82, 2.24) is 10.0 Å². The molecule has 1 amide bonds. The predicted molar refractivity (Wildman–Crippen MR) is 61.6 cm³/mol. The number of hydrogen-bond acceptors (Lipinski definition) is 3. The van der Waals surface area contributed by atoms with Crippen LogP contribution in [0.2, 0.25) is 0 Å². The molecule has 0 fully saturated rings. The molecule has 0 atom stereocenters. The van der Waals surface area contributed by atoms with Crippen molar-refractivity contribution in [2.24, 2.45) is 0 Å². The van der Waals surface area contributed by atoms with E-state index in [1.54, 1.807) is 0 Å². The molecule has 0 bridgehead atoms. The van der Waals surface area contributed by atoms with Gasteiger partial charge in [0.1, 0.15) is 5.82 Å². The Morgan fingerprint density at radius 3 is 2.35 bits per heavy atom. The van der Waals surface area contributed by atoms with Crippen LogP contribution in [0.25, 0.3) is 0 Å². The summed E-state index contributed by atoms with van der Waals surface area (Å²) in [5, 5.41) is 2.50. The van der Waals surface area contributed by atoms with Crippen LogP contribution in [0.1, 0.15) is 10.4 Å². The van der Waals surface area contributed by atoms with E-state index in [4.69, 9.17) is 0 Å². The molecule has 0 unspecified atom stereocenters. The molecule has 1 rings (SSSR count). The van der Waals surface area contributed by atoms with Crippen LogP contribution < -0.4 is 10.0 Å². The molecule has 0 saturated carbocycles. The fourth-order valence-electron chi connectivity index (χ4n) is 1.12. The average molecular weight is 260 g/mol. The summed E-state index contributed by atoms with van der Waals surface area (Å²) < 4.78 is 36.3.